The van der Waals surface area contributed by atoms with Gasteiger partial charge in [-0.05, 0) is 29.7 Å². The average molecular weight is 341 g/mol. The summed E-state index contributed by atoms with van der Waals surface area (Å²) >= 11 is 6.43. The summed E-state index contributed by atoms with van der Waals surface area (Å²) in [6.45, 7) is 2.74. The predicted octanol–water partition coefficient (Wildman–Crippen LogP) is 4.87. The first-order chi connectivity index (χ1) is 11.7. The Balaban J connectivity index is 2.02. The minimum atomic E-state index is -0.0771. The summed E-state index contributed by atoms with van der Waals surface area (Å²) in [4.78, 5) is 15.7. The summed E-state index contributed by atoms with van der Waals surface area (Å²) in [7, 11) is 0. The number of fused-ring (bicyclic) bond motifs is 1. The molecule has 0 aliphatic rings. The van der Waals surface area contributed by atoms with Crippen LogP contribution >= 0.6 is 11.6 Å². The first-order valence-corrected chi connectivity index (χ1v) is 8.65. The van der Waals surface area contributed by atoms with Crippen molar-refractivity contribution in [3.8, 4) is 0 Å². The van der Waals surface area contributed by atoms with Gasteiger partial charge in [-0.2, -0.15) is 0 Å². The van der Waals surface area contributed by atoms with Crippen molar-refractivity contribution in [1.29, 1.82) is 0 Å². The van der Waals surface area contributed by atoms with E-state index in [2.05, 4.69) is 16.4 Å². The maximum absolute atomic E-state index is 12.4. The third-order valence-electron chi connectivity index (χ3n) is 4.24. The van der Waals surface area contributed by atoms with Crippen LogP contribution in [0.3, 0.4) is 0 Å². The SMILES string of the molecule is CCCNC(=O)C[C@@H](c1ccccc1Cl)c1c[nH]c2ccccc12. The molecule has 4 heteroatoms. The highest BCUT2D eigenvalue weighted by Gasteiger charge is 2.23. The fraction of sp³-hybridized carbons (Fsp3) is 0.250. The van der Waals surface area contributed by atoms with Crippen LogP contribution in [0, 0.1) is 0 Å². The van der Waals surface area contributed by atoms with Gasteiger partial charge in [0, 0.05) is 41.0 Å². The van der Waals surface area contributed by atoms with Gasteiger partial charge in [0.05, 0.1) is 0 Å². The Hall–Kier alpha value is -2.26. The van der Waals surface area contributed by atoms with Gasteiger partial charge in [0.25, 0.3) is 0 Å². The summed E-state index contributed by atoms with van der Waals surface area (Å²) in [6, 6.07) is 15.9. The molecular weight excluding hydrogens is 320 g/mol. The molecule has 0 bridgehead atoms. The monoisotopic (exact) mass is 340 g/mol. The number of hydrogen-bond acceptors (Lipinski definition) is 1. The minimum Gasteiger partial charge on any atom is -0.361 e. The van der Waals surface area contributed by atoms with Crippen molar-refractivity contribution in [3.05, 3.63) is 70.9 Å². The Morgan fingerprint density at radius 3 is 2.67 bits per heavy atom. The van der Waals surface area contributed by atoms with Crippen LogP contribution < -0.4 is 5.32 Å². The number of hydrogen-bond donors (Lipinski definition) is 2. The molecule has 3 rings (SSSR count). The van der Waals surface area contributed by atoms with Gasteiger partial charge in [0.2, 0.25) is 5.91 Å². The van der Waals surface area contributed by atoms with E-state index in [0.717, 1.165) is 28.5 Å². The molecule has 2 aromatic carbocycles. The molecule has 0 aliphatic carbocycles. The summed E-state index contributed by atoms with van der Waals surface area (Å²) in [5, 5.41) is 4.79. The highest BCUT2D eigenvalue weighted by molar-refractivity contribution is 6.31. The van der Waals surface area contributed by atoms with Crippen molar-refractivity contribution in [2.45, 2.75) is 25.7 Å². The lowest BCUT2D eigenvalue weighted by Gasteiger charge is -2.18. The quantitative estimate of drug-likeness (QED) is 0.660. The van der Waals surface area contributed by atoms with Gasteiger partial charge in [-0.1, -0.05) is 54.9 Å². The second-order valence-corrected chi connectivity index (χ2v) is 6.32. The van der Waals surface area contributed by atoms with E-state index in [1.807, 2.05) is 55.6 Å². The van der Waals surface area contributed by atoms with E-state index >= 15 is 0 Å². The molecule has 2 N–H and O–H groups in total. The van der Waals surface area contributed by atoms with Gasteiger partial charge in [0.1, 0.15) is 0 Å². The fourth-order valence-corrected chi connectivity index (χ4v) is 3.32. The van der Waals surface area contributed by atoms with Crippen LogP contribution in [0.25, 0.3) is 10.9 Å². The molecule has 1 amide bonds. The van der Waals surface area contributed by atoms with Crippen LogP contribution in [0.1, 0.15) is 36.8 Å². The van der Waals surface area contributed by atoms with E-state index in [0.29, 0.717) is 18.0 Å². The number of aromatic amines is 1. The van der Waals surface area contributed by atoms with Crippen LogP contribution in [-0.4, -0.2) is 17.4 Å². The van der Waals surface area contributed by atoms with E-state index in [4.69, 9.17) is 11.6 Å². The fourth-order valence-electron chi connectivity index (χ4n) is 3.05. The maximum Gasteiger partial charge on any atom is 0.220 e. The lowest BCUT2D eigenvalue weighted by atomic mass is 9.88. The molecule has 0 spiro atoms. The second-order valence-electron chi connectivity index (χ2n) is 5.92. The number of H-pyrrole nitrogens is 1. The summed E-state index contributed by atoms with van der Waals surface area (Å²) in [6.07, 6.45) is 3.30. The van der Waals surface area contributed by atoms with Crippen LogP contribution in [0.15, 0.2) is 54.7 Å². The van der Waals surface area contributed by atoms with Gasteiger partial charge in [-0.25, -0.2) is 0 Å². The molecule has 1 aromatic heterocycles. The number of nitrogens with one attached hydrogen (secondary N) is 2. The van der Waals surface area contributed by atoms with E-state index in [1.54, 1.807) is 0 Å². The van der Waals surface area contributed by atoms with Gasteiger partial charge in [0.15, 0.2) is 0 Å². The molecule has 0 unspecified atom stereocenters. The molecule has 3 nitrogen and oxygen atoms in total. The molecule has 0 fully saturated rings. The molecule has 24 heavy (non-hydrogen) atoms. The number of carbonyl (C=O) groups is 1. The normalized spacial score (nSPS) is 12.2. The highest BCUT2D eigenvalue weighted by Crippen LogP contribution is 2.36. The van der Waals surface area contributed by atoms with Crippen LogP contribution in [0.5, 0.6) is 0 Å². The molecule has 0 radical (unpaired) electrons. The van der Waals surface area contributed by atoms with E-state index in [-0.39, 0.29) is 11.8 Å². The van der Waals surface area contributed by atoms with E-state index in [9.17, 15) is 4.79 Å². The maximum atomic E-state index is 12.4. The van der Waals surface area contributed by atoms with Gasteiger partial charge >= 0.3 is 0 Å². The number of rotatable bonds is 6. The molecule has 3 aromatic rings. The second kappa shape index (κ2) is 7.54. The Bertz CT molecular complexity index is 840. The third-order valence-corrected chi connectivity index (χ3v) is 4.58. The topological polar surface area (TPSA) is 44.9 Å². The van der Waals surface area contributed by atoms with Crippen molar-refractivity contribution in [2.75, 3.05) is 6.54 Å². The van der Waals surface area contributed by atoms with Crippen LogP contribution in [0.4, 0.5) is 0 Å². The van der Waals surface area contributed by atoms with Crippen LogP contribution in [-0.2, 0) is 4.79 Å². The Morgan fingerprint density at radius 1 is 1.12 bits per heavy atom. The van der Waals surface area contributed by atoms with Crippen molar-refractivity contribution in [2.24, 2.45) is 0 Å². The molecule has 0 saturated heterocycles. The van der Waals surface area contributed by atoms with Crippen molar-refractivity contribution in [3.63, 3.8) is 0 Å². The Morgan fingerprint density at radius 2 is 1.88 bits per heavy atom. The van der Waals surface area contributed by atoms with Crippen molar-refractivity contribution >= 4 is 28.4 Å². The first kappa shape index (κ1) is 16.6. The first-order valence-electron chi connectivity index (χ1n) is 8.27. The Kier molecular flexibility index (Phi) is 5.21. The zero-order valence-corrected chi connectivity index (χ0v) is 14.4. The van der Waals surface area contributed by atoms with Crippen LogP contribution in [0.2, 0.25) is 5.02 Å². The lowest BCUT2D eigenvalue weighted by molar-refractivity contribution is -0.121. The van der Waals surface area contributed by atoms with Crippen molar-refractivity contribution < 1.29 is 4.79 Å². The predicted molar refractivity (Wildman–Crippen MR) is 99.5 cm³/mol. The number of halogens is 1. The number of para-hydroxylation sites is 1. The molecule has 124 valence electrons. The zero-order valence-electron chi connectivity index (χ0n) is 13.7. The third kappa shape index (κ3) is 3.46. The van der Waals surface area contributed by atoms with E-state index < -0.39 is 0 Å². The average Bonchev–Trinajstić information content (AvgIpc) is 3.02. The Labute approximate surface area is 147 Å². The standard InChI is InChI=1S/C20H21ClN2O/c1-2-11-22-20(24)12-16(14-7-3-5-9-18(14)21)17-13-23-19-10-6-4-8-15(17)19/h3-10,13,16,23H,2,11-12H2,1H3,(H,22,24)/t16-/m0/s1. The smallest absolute Gasteiger partial charge is 0.220 e. The van der Waals surface area contributed by atoms with E-state index in [1.165, 1.54) is 0 Å². The lowest BCUT2D eigenvalue weighted by Crippen LogP contribution is -2.26. The van der Waals surface area contributed by atoms with Gasteiger partial charge in [-0.15, -0.1) is 0 Å². The van der Waals surface area contributed by atoms with Crippen molar-refractivity contribution in [1.82, 2.24) is 10.3 Å². The molecule has 0 aliphatic heterocycles. The number of benzene rings is 2. The summed E-state index contributed by atoms with van der Waals surface area (Å²) < 4.78 is 0. The number of amides is 1. The highest BCUT2D eigenvalue weighted by atomic mass is 35.5. The number of carbonyl (C=O) groups excluding carboxylic acids is 1. The molecule has 0 saturated carbocycles. The molecular formula is C20H21ClN2O. The largest absolute Gasteiger partial charge is 0.361 e. The number of aromatic nitrogens is 1. The molecule has 1 heterocycles. The van der Waals surface area contributed by atoms with Gasteiger partial charge in [-0.3, -0.25) is 4.79 Å². The summed E-state index contributed by atoms with van der Waals surface area (Å²) in [5.41, 5.74) is 3.15. The summed E-state index contributed by atoms with van der Waals surface area (Å²) in [5.74, 6) is -0.0289. The minimum absolute atomic E-state index is 0.0482. The molecule has 1 atom stereocenters. The zero-order chi connectivity index (χ0) is 16.9. The van der Waals surface area contributed by atoms with Gasteiger partial charge < -0.3 is 10.3 Å².